The van der Waals surface area contributed by atoms with Gasteiger partial charge >= 0.3 is 5.56 Å². The summed E-state index contributed by atoms with van der Waals surface area (Å²) in [4.78, 5) is 25.8. The first-order valence-electron chi connectivity index (χ1n) is 10.8. The first-order valence-corrected chi connectivity index (χ1v) is 11.7. The van der Waals surface area contributed by atoms with Crippen LogP contribution in [-0.4, -0.2) is 43.5 Å². The van der Waals surface area contributed by atoms with Gasteiger partial charge in [-0.15, -0.1) is 10.2 Å². The van der Waals surface area contributed by atoms with Crippen molar-refractivity contribution in [2.75, 3.05) is 18.5 Å². The van der Waals surface area contributed by atoms with Gasteiger partial charge in [0.2, 0.25) is 11.6 Å². The van der Waals surface area contributed by atoms with E-state index >= 15 is 0 Å². The van der Waals surface area contributed by atoms with Gasteiger partial charge in [0.05, 0.1) is 5.25 Å². The van der Waals surface area contributed by atoms with Gasteiger partial charge in [-0.1, -0.05) is 17.8 Å². The lowest BCUT2D eigenvalue weighted by Crippen LogP contribution is -2.23. The summed E-state index contributed by atoms with van der Waals surface area (Å²) < 4.78 is 14.2. The van der Waals surface area contributed by atoms with Crippen molar-refractivity contribution in [2.45, 2.75) is 31.2 Å². The van der Waals surface area contributed by atoms with Gasteiger partial charge in [-0.3, -0.25) is 18.6 Å². The molecule has 1 N–H and O–H groups in total. The number of fused-ring (bicyclic) bond motifs is 2. The van der Waals surface area contributed by atoms with Crippen LogP contribution in [0.4, 0.5) is 5.69 Å². The number of thioether (sulfide) groups is 1. The van der Waals surface area contributed by atoms with Crippen molar-refractivity contribution in [2.24, 2.45) is 0 Å². The van der Waals surface area contributed by atoms with Crippen molar-refractivity contribution >= 4 is 29.0 Å². The van der Waals surface area contributed by atoms with E-state index in [1.165, 1.54) is 11.8 Å². The Morgan fingerprint density at radius 3 is 2.62 bits per heavy atom. The van der Waals surface area contributed by atoms with E-state index in [1.807, 2.05) is 32.0 Å². The van der Waals surface area contributed by atoms with E-state index in [-0.39, 0.29) is 17.1 Å². The summed E-state index contributed by atoms with van der Waals surface area (Å²) in [5.74, 6) is 1.06. The topological polar surface area (TPSA) is 99.8 Å². The highest BCUT2D eigenvalue weighted by Crippen LogP contribution is 2.33. The number of benzene rings is 2. The summed E-state index contributed by atoms with van der Waals surface area (Å²) in [5.41, 5.74) is 3.55. The number of hydrogen-bond donors (Lipinski definition) is 1. The third kappa shape index (κ3) is 4.12. The monoisotopic (exact) mass is 477 g/mol. The molecule has 34 heavy (non-hydrogen) atoms. The minimum absolute atomic E-state index is 0.197. The Hall–Kier alpha value is -3.79. The molecular weight excluding hydrogens is 454 g/mol. The molecule has 0 saturated heterocycles. The normalized spacial score (nSPS) is 13.6. The van der Waals surface area contributed by atoms with Crippen LogP contribution in [0.1, 0.15) is 18.1 Å². The standard InChI is InChI=1S/C24H23N5O4S/c1-14-4-6-18(12-15(14)2)28-8-9-29-21(23(28)31)26-27-24(29)34-16(3)22(30)25-17-5-7-19-20(13-17)33-11-10-32-19/h4-9,12-13,16H,10-11H2,1-3H3,(H,25,30)/t16-/m1/s1. The molecule has 0 saturated carbocycles. The Morgan fingerprint density at radius 1 is 1.03 bits per heavy atom. The van der Waals surface area contributed by atoms with Crippen LogP contribution in [0.2, 0.25) is 0 Å². The van der Waals surface area contributed by atoms with Crippen LogP contribution in [0, 0.1) is 13.8 Å². The summed E-state index contributed by atoms with van der Waals surface area (Å²) in [6.07, 6.45) is 3.42. The van der Waals surface area contributed by atoms with Crippen LogP contribution >= 0.6 is 11.8 Å². The van der Waals surface area contributed by atoms with E-state index in [0.29, 0.717) is 35.6 Å². The van der Waals surface area contributed by atoms with E-state index in [9.17, 15) is 9.59 Å². The van der Waals surface area contributed by atoms with Gasteiger partial charge in [-0.05, 0) is 56.2 Å². The molecule has 3 heterocycles. The smallest absolute Gasteiger partial charge is 0.300 e. The molecule has 0 fully saturated rings. The summed E-state index contributed by atoms with van der Waals surface area (Å²) in [7, 11) is 0. The first-order chi connectivity index (χ1) is 16.4. The van der Waals surface area contributed by atoms with Crippen LogP contribution in [0.15, 0.2) is 58.7 Å². The van der Waals surface area contributed by atoms with E-state index in [2.05, 4.69) is 15.5 Å². The molecular formula is C24H23N5O4S. The highest BCUT2D eigenvalue weighted by atomic mass is 32.2. The van der Waals surface area contributed by atoms with Crippen LogP contribution in [-0.2, 0) is 4.79 Å². The van der Waals surface area contributed by atoms with Gasteiger partial charge in [0.15, 0.2) is 16.7 Å². The molecule has 1 aliphatic rings. The van der Waals surface area contributed by atoms with Crippen molar-refractivity contribution in [3.05, 3.63) is 70.3 Å². The zero-order chi connectivity index (χ0) is 23.8. The molecule has 4 aromatic rings. The fourth-order valence-electron chi connectivity index (χ4n) is 3.60. The molecule has 2 aromatic carbocycles. The van der Waals surface area contributed by atoms with Gasteiger partial charge in [0.1, 0.15) is 13.2 Å². The Balaban J connectivity index is 1.34. The van der Waals surface area contributed by atoms with Gasteiger partial charge in [-0.25, -0.2) is 0 Å². The van der Waals surface area contributed by atoms with Crippen molar-refractivity contribution in [1.82, 2.24) is 19.2 Å². The number of aromatic nitrogens is 4. The molecule has 2 aromatic heterocycles. The second-order valence-electron chi connectivity index (χ2n) is 8.03. The van der Waals surface area contributed by atoms with Crippen LogP contribution in [0.25, 0.3) is 11.3 Å². The minimum atomic E-state index is -0.484. The molecule has 9 nitrogen and oxygen atoms in total. The van der Waals surface area contributed by atoms with Crippen molar-refractivity contribution in [3.8, 4) is 17.2 Å². The maximum Gasteiger partial charge on any atom is 0.300 e. The molecule has 174 valence electrons. The number of nitrogens with zero attached hydrogens (tertiary/aromatic N) is 4. The fourth-order valence-corrected chi connectivity index (χ4v) is 4.43. The number of ether oxygens (including phenoxy) is 2. The molecule has 0 bridgehead atoms. The molecule has 1 aliphatic heterocycles. The van der Waals surface area contributed by atoms with Gasteiger partial charge < -0.3 is 14.8 Å². The summed E-state index contributed by atoms with van der Waals surface area (Å²) >= 11 is 1.22. The number of carbonyl (C=O) groups excluding carboxylic acids is 1. The number of anilines is 1. The lowest BCUT2D eigenvalue weighted by molar-refractivity contribution is -0.115. The Bertz CT molecular complexity index is 1460. The van der Waals surface area contributed by atoms with E-state index in [0.717, 1.165) is 16.8 Å². The maximum absolute atomic E-state index is 13.0. The molecule has 0 spiro atoms. The predicted octanol–water partition coefficient (Wildman–Crippen LogP) is 3.39. The molecule has 0 unspecified atom stereocenters. The molecule has 10 heteroatoms. The minimum Gasteiger partial charge on any atom is -0.486 e. The van der Waals surface area contributed by atoms with Crippen LogP contribution < -0.4 is 20.3 Å². The zero-order valence-electron chi connectivity index (χ0n) is 18.9. The second-order valence-corrected chi connectivity index (χ2v) is 9.33. The second kappa shape index (κ2) is 8.86. The fraction of sp³-hybridized carbons (Fsp3) is 0.250. The average Bonchev–Trinajstić information content (AvgIpc) is 3.24. The SMILES string of the molecule is Cc1ccc(-n2ccn3c(S[C@H](C)C(=O)Nc4ccc5c(c4)OCCO5)nnc3c2=O)cc1C. The summed E-state index contributed by atoms with van der Waals surface area (Å²) in [6.45, 7) is 6.79. The lowest BCUT2D eigenvalue weighted by Gasteiger charge is -2.19. The van der Waals surface area contributed by atoms with Gasteiger partial charge in [0.25, 0.3) is 0 Å². The lowest BCUT2D eigenvalue weighted by atomic mass is 10.1. The van der Waals surface area contributed by atoms with Crippen molar-refractivity contribution in [3.63, 3.8) is 0 Å². The van der Waals surface area contributed by atoms with E-state index in [4.69, 9.17) is 9.47 Å². The quantitative estimate of drug-likeness (QED) is 0.440. The molecule has 0 aliphatic carbocycles. The summed E-state index contributed by atoms with van der Waals surface area (Å²) in [6, 6.07) is 11.1. The molecule has 1 atom stereocenters. The highest BCUT2D eigenvalue weighted by molar-refractivity contribution is 8.00. The number of aryl methyl sites for hydroxylation is 2. The van der Waals surface area contributed by atoms with Gasteiger partial charge in [0, 0.05) is 29.8 Å². The molecule has 1 amide bonds. The van der Waals surface area contributed by atoms with Crippen LogP contribution in [0.3, 0.4) is 0 Å². The third-order valence-corrected chi connectivity index (χ3v) is 6.73. The van der Waals surface area contributed by atoms with E-state index < -0.39 is 5.25 Å². The zero-order valence-corrected chi connectivity index (χ0v) is 19.8. The Kier molecular flexibility index (Phi) is 5.74. The summed E-state index contributed by atoms with van der Waals surface area (Å²) in [5, 5.41) is 11.1. The number of rotatable bonds is 5. The maximum atomic E-state index is 13.0. The number of nitrogens with one attached hydrogen (secondary N) is 1. The highest BCUT2D eigenvalue weighted by Gasteiger charge is 2.21. The van der Waals surface area contributed by atoms with Crippen molar-refractivity contribution < 1.29 is 14.3 Å². The third-order valence-electron chi connectivity index (χ3n) is 5.67. The number of carbonyl (C=O) groups is 1. The van der Waals surface area contributed by atoms with Crippen molar-refractivity contribution in [1.29, 1.82) is 0 Å². The molecule has 5 rings (SSSR count). The number of amides is 1. The molecule has 0 radical (unpaired) electrons. The Morgan fingerprint density at radius 2 is 1.82 bits per heavy atom. The Labute approximate surface area is 199 Å². The average molecular weight is 478 g/mol. The van der Waals surface area contributed by atoms with Crippen LogP contribution in [0.5, 0.6) is 11.5 Å². The number of hydrogen-bond acceptors (Lipinski definition) is 7. The first kappa shape index (κ1) is 22.0. The van der Waals surface area contributed by atoms with Gasteiger partial charge in [-0.2, -0.15) is 0 Å². The van der Waals surface area contributed by atoms with E-state index in [1.54, 1.807) is 46.5 Å². The predicted molar refractivity (Wildman–Crippen MR) is 129 cm³/mol. The largest absolute Gasteiger partial charge is 0.486 e.